The van der Waals surface area contributed by atoms with Gasteiger partial charge in [-0.2, -0.15) is 18.2 Å². The number of hydrogen-bond acceptors (Lipinski definition) is 10. The highest BCUT2D eigenvalue weighted by atomic mass is 32.2. The van der Waals surface area contributed by atoms with E-state index in [1.165, 1.54) is 13.3 Å². The number of methoxy groups -OCH3 is 1. The van der Waals surface area contributed by atoms with E-state index in [4.69, 9.17) is 9.15 Å². The second-order valence-corrected chi connectivity index (χ2v) is 14.4. The predicted molar refractivity (Wildman–Crippen MR) is 165 cm³/mol. The molecule has 2 aliphatic rings. The number of alkyl halides is 3. The van der Waals surface area contributed by atoms with Crippen molar-refractivity contribution in [3.05, 3.63) is 70.7 Å². The first kappa shape index (κ1) is 33.4. The Kier molecular flexibility index (Phi) is 10.0. The van der Waals surface area contributed by atoms with E-state index in [2.05, 4.69) is 9.97 Å². The molecule has 2 aromatic heterocycles. The summed E-state index contributed by atoms with van der Waals surface area (Å²) < 4.78 is 77.7. The fourth-order valence-corrected chi connectivity index (χ4v) is 7.79. The molecule has 1 unspecified atom stereocenters. The van der Waals surface area contributed by atoms with Crippen molar-refractivity contribution in [1.29, 1.82) is 0 Å². The van der Waals surface area contributed by atoms with Crippen molar-refractivity contribution in [2.75, 3.05) is 48.8 Å². The van der Waals surface area contributed by atoms with Crippen LogP contribution < -0.4 is 9.80 Å². The molecule has 4 heterocycles. The van der Waals surface area contributed by atoms with Crippen LogP contribution in [0.15, 0.2) is 47.0 Å². The molecule has 0 bridgehead atoms. The van der Waals surface area contributed by atoms with Crippen molar-refractivity contribution < 1.29 is 40.3 Å². The van der Waals surface area contributed by atoms with Gasteiger partial charge in [-0.3, -0.25) is 4.79 Å². The van der Waals surface area contributed by atoms with Gasteiger partial charge in [0.05, 0.1) is 23.7 Å². The van der Waals surface area contributed by atoms with E-state index in [0.717, 1.165) is 18.4 Å². The first-order valence-corrected chi connectivity index (χ1v) is 17.0. The van der Waals surface area contributed by atoms with Crippen LogP contribution in [0.1, 0.15) is 70.3 Å². The largest absolute Gasteiger partial charge is 0.465 e. The van der Waals surface area contributed by atoms with Crippen molar-refractivity contribution in [3.63, 3.8) is 0 Å². The number of pyridine rings is 1. The molecule has 0 N–H and O–H groups in total. The lowest BCUT2D eigenvalue weighted by atomic mass is 10.0. The normalized spacial score (nSPS) is 18.1. The number of carbonyl (C=O) groups is 2. The molecular formula is C32H37F3N4O6S. The molecule has 0 aliphatic carbocycles. The quantitative estimate of drug-likeness (QED) is 0.212. The highest BCUT2D eigenvalue weighted by Gasteiger charge is 2.42. The molecular weight excluding hydrogens is 625 g/mol. The Hall–Kier alpha value is -3.94. The molecule has 2 fully saturated rings. The molecule has 248 valence electrons. The summed E-state index contributed by atoms with van der Waals surface area (Å²) >= 11 is 0. The zero-order chi connectivity index (χ0) is 33.1. The summed E-state index contributed by atoms with van der Waals surface area (Å²) in [6.07, 6.45) is -0.871. The van der Waals surface area contributed by atoms with Crippen molar-refractivity contribution in [2.45, 2.75) is 56.9 Å². The van der Waals surface area contributed by atoms with E-state index >= 15 is 0 Å². The van der Waals surface area contributed by atoms with Crippen molar-refractivity contribution in [3.8, 4) is 0 Å². The summed E-state index contributed by atoms with van der Waals surface area (Å²) in [5.74, 6) is -1.30. The first-order chi connectivity index (χ1) is 21.8. The number of esters is 1. The maximum atomic E-state index is 13.8. The van der Waals surface area contributed by atoms with Crippen molar-refractivity contribution in [1.82, 2.24) is 9.97 Å². The van der Waals surface area contributed by atoms with Crippen LogP contribution in [0.25, 0.3) is 0 Å². The molecule has 0 saturated carbocycles. The highest BCUT2D eigenvalue weighted by Crippen LogP contribution is 2.36. The number of benzene rings is 1. The van der Waals surface area contributed by atoms with Gasteiger partial charge in [0, 0.05) is 38.8 Å². The summed E-state index contributed by atoms with van der Waals surface area (Å²) in [6, 6.07) is 9.85. The number of aromatic nitrogens is 2. The van der Waals surface area contributed by atoms with Gasteiger partial charge in [-0.25, -0.2) is 18.2 Å². The number of carbonyl (C=O) groups excluding carboxylic acids is 2. The average molecular weight is 663 g/mol. The van der Waals surface area contributed by atoms with Gasteiger partial charge < -0.3 is 19.0 Å². The summed E-state index contributed by atoms with van der Waals surface area (Å²) in [5.41, 5.74) is 0.207. The third kappa shape index (κ3) is 7.88. The van der Waals surface area contributed by atoms with Gasteiger partial charge in [0.1, 0.15) is 5.82 Å². The average Bonchev–Trinajstić information content (AvgIpc) is 3.51. The molecule has 2 aliphatic heterocycles. The molecule has 14 heteroatoms. The third-order valence-corrected chi connectivity index (χ3v) is 10.8. The molecule has 10 nitrogen and oxygen atoms in total. The summed E-state index contributed by atoms with van der Waals surface area (Å²) in [4.78, 5) is 36.5. The second kappa shape index (κ2) is 13.8. The monoisotopic (exact) mass is 662 g/mol. The van der Waals surface area contributed by atoms with Crippen LogP contribution in [0.2, 0.25) is 0 Å². The zero-order valence-electron chi connectivity index (χ0n) is 25.8. The van der Waals surface area contributed by atoms with Crippen LogP contribution in [-0.2, 0) is 33.6 Å². The number of nitrogens with zero attached hydrogens (tertiary/aromatic N) is 4. The fraction of sp³-hybridized carbons (Fsp3) is 0.500. The summed E-state index contributed by atoms with van der Waals surface area (Å²) in [5, 5.41) is -0.507. The number of aryl methyl sites for hydroxylation is 1. The van der Waals surface area contributed by atoms with E-state index in [-0.39, 0.29) is 30.5 Å². The Morgan fingerprint density at radius 1 is 1.04 bits per heavy atom. The van der Waals surface area contributed by atoms with E-state index in [1.54, 1.807) is 41.3 Å². The molecule has 3 aromatic rings. The lowest BCUT2D eigenvalue weighted by Gasteiger charge is -2.32. The van der Waals surface area contributed by atoms with Gasteiger partial charge in [-0.15, -0.1) is 0 Å². The van der Waals surface area contributed by atoms with Gasteiger partial charge in [0.15, 0.2) is 15.5 Å². The van der Waals surface area contributed by atoms with Crippen molar-refractivity contribution >= 4 is 33.4 Å². The third-order valence-electron chi connectivity index (χ3n) is 8.54. The molecule has 0 radical (unpaired) electrons. The Balaban J connectivity index is 1.17. The predicted octanol–water partition coefficient (Wildman–Crippen LogP) is 5.16. The molecule has 46 heavy (non-hydrogen) atoms. The van der Waals surface area contributed by atoms with E-state index < -0.39 is 44.5 Å². The first-order valence-electron chi connectivity index (χ1n) is 15.3. The van der Waals surface area contributed by atoms with Gasteiger partial charge in [0.2, 0.25) is 11.5 Å². The van der Waals surface area contributed by atoms with Gasteiger partial charge in [0.25, 0.3) is 6.01 Å². The van der Waals surface area contributed by atoms with Crippen molar-refractivity contribution in [2.24, 2.45) is 5.92 Å². The number of ether oxygens (including phenoxy) is 1. The number of halogens is 3. The fourth-order valence-electron chi connectivity index (χ4n) is 6.00. The Bertz CT molecular complexity index is 1650. The lowest BCUT2D eigenvalue weighted by molar-refractivity contribution is -0.141. The Morgan fingerprint density at radius 2 is 1.80 bits per heavy atom. The number of hydrogen-bond donors (Lipinski definition) is 0. The minimum absolute atomic E-state index is 0.0385. The van der Waals surface area contributed by atoms with Crippen LogP contribution in [0.3, 0.4) is 0 Å². The molecule has 5 rings (SSSR count). The second-order valence-electron chi connectivity index (χ2n) is 12.0. The van der Waals surface area contributed by atoms with E-state index in [0.29, 0.717) is 56.0 Å². The van der Waals surface area contributed by atoms with Crippen LogP contribution in [0, 0.1) is 5.92 Å². The highest BCUT2D eigenvalue weighted by molar-refractivity contribution is 7.92. The van der Waals surface area contributed by atoms with Crippen LogP contribution in [-0.4, -0.2) is 74.4 Å². The SMILES string of the molecule is COC(=O)c1cccc(CCS(=O)(=O)C2CCN(c3ccc(CC(=O)c4oc(N5CCCC(C)C5)nc4C(F)(F)F)cn3)CC2)c1. The zero-order valence-corrected chi connectivity index (χ0v) is 26.6. The smallest absolute Gasteiger partial charge is 0.437 e. The maximum Gasteiger partial charge on any atom is 0.437 e. The maximum absolute atomic E-state index is 13.8. The number of piperidine rings is 2. The number of oxazole rings is 1. The van der Waals surface area contributed by atoms with E-state index in [9.17, 15) is 31.2 Å². The van der Waals surface area contributed by atoms with Crippen LogP contribution in [0.4, 0.5) is 25.0 Å². The van der Waals surface area contributed by atoms with Crippen LogP contribution >= 0.6 is 0 Å². The van der Waals surface area contributed by atoms with Gasteiger partial charge in [-0.05, 0) is 67.3 Å². The lowest BCUT2D eigenvalue weighted by Crippen LogP contribution is -2.40. The number of rotatable bonds is 10. The van der Waals surface area contributed by atoms with Gasteiger partial charge >= 0.3 is 12.1 Å². The molecule has 1 atom stereocenters. The van der Waals surface area contributed by atoms with E-state index in [1.807, 2.05) is 11.8 Å². The Morgan fingerprint density at radius 3 is 2.46 bits per heavy atom. The standard InChI is InChI=1S/C32H37F3N4O6S/c1-21-5-4-13-39(20-21)31-37-29(32(33,34)35)28(45-31)26(40)18-23-8-9-27(36-19-23)38-14-10-25(11-15-38)46(42,43)16-12-22-6-3-7-24(17-22)30(41)44-2/h3,6-9,17,19,21,25H,4-5,10-16,18,20H2,1-2H3. The number of Topliss-reactive ketones (excluding diaryl/α,β-unsaturated/α-hetero) is 1. The molecule has 1 aromatic carbocycles. The minimum atomic E-state index is -4.84. The summed E-state index contributed by atoms with van der Waals surface area (Å²) in [7, 11) is -2.10. The molecule has 0 spiro atoms. The van der Waals surface area contributed by atoms with Gasteiger partial charge in [-0.1, -0.05) is 25.1 Å². The summed E-state index contributed by atoms with van der Waals surface area (Å²) in [6.45, 7) is 3.94. The molecule has 2 saturated heterocycles. The number of anilines is 2. The Labute approximate surface area is 265 Å². The van der Waals surface area contributed by atoms with Crippen LogP contribution in [0.5, 0.6) is 0 Å². The topological polar surface area (TPSA) is 123 Å². The minimum Gasteiger partial charge on any atom is -0.465 e. The molecule has 0 amide bonds. The number of sulfone groups is 1. The number of ketones is 1.